The van der Waals surface area contributed by atoms with Crippen molar-refractivity contribution >= 4 is 0 Å². The minimum absolute atomic E-state index is 0.0287. The van der Waals surface area contributed by atoms with Crippen LogP contribution in [0.1, 0.15) is 70.1 Å². The maximum Gasteiger partial charge on any atom is 0.133 e. The minimum atomic E-state index is -0.163. The van der Waals surface area contributed by atoms with Crippen molar-refractivity contribution in [3.63, 3.8) is 0 Å². The summed E-state index contributed by atoms with van der Waals surface area (Å²) in [7, 11) is 0. The van der Waals surface area contributed by atoms with Crippen LogP contribution in [0.4, 0.5) is 4.39 Å². The first-order chi connectivity index (χ1) is 9.00. The Labute approximate surface area is 116 Å². The number of hydrogen-bond donors (Lipinski definition) is 1. The number of fused-ring (bicyclic) bond motifs is 1. The van der Waals surface area contributed by atoms with Gasteiger partial charge in [-0.25, -0.2) is 4.39 Å². The standard InChI is InChI=1S/C15H21FO.C2H6/c1-9(2)14-13(17)8-11-6-4-10(3)5-7-12(11)15(14)16;1-2/h8-10,17H,4-7H2,1-3H3;1-2H3. The summed E-state index contributed by atoms with van der Waals surface area (Å²) in [6.07, 6.45) is 3.83. The van der Waals surface area contributed by atoms with Gasteiger partial charge in [0.05, 0.1) is 0 Å². The maximum absolute atomic E-state index is 14.4. The molecule has 1 atom stereocenters. The highest BCUT2D eigenvalue weighted by Gasteiger charge is 2.22. The molecule has 108 valence electrons. The monoisotopic (exact) mass is 266 g/mol. The molecule has 1 aromatic carbocycles. The summed E-state index contributed by atoms with van der Waals surface area (Å²) in [5, 5.41) is 9.94. The molecule has 0 heterocycles. The molecule has 0 aliphatic heterocycles. The molecule has 0 fully saturated rings. The SMILES string of the molecule is CC.CC1CCc2cc(O)c(C(C)C)c(F)c2CC1. The van der Waals surface area contributed by atoms with Crippen molar-refractivity contribution in [1.29, 1.82) is 0 Å². The van der Waals surface area contributed by atoms with E-state index in [0.29, 0.717) is 11.5 Å². The first-order valence-electron chi connectivity index (χ1n) is 7.53. The minimum Gasteiger partial charge on any atom is -0.508 e. The third-order valence-corrected chi connectivity index (χ3v) is 3.85. The van der Waals surface area contributed by atoms with Crippen LogP contribution < -0.4 is 0 Å². The van der Waals surface area contributed by atoms with Gasteiger partial charge in [-0.2, -0.15) is 0 Å². The molecule has 1 nitrogen and oxygen atoms in total. The Hall–Kier alpha value is -1.05. The van der Waals surface area contributed by atoms with Crippen LogP contribution in [0.15, 0.2) is 6.07 Å². The average Bonchev–Trinajstić information content (AvgIpc) is 2.54. The molecule has 0 saturated heterocycles. The van der Waals surface area contributed by atoms with Crippen molar-refractivity contribution in [2.75, 3.05) is 0 Å². The van der Waals surface area contributed by atoms with Crippen LogP contribution in [0, 0.1) is 11.7 Å². The number of phenolic OH excluding ortho intramolecular Hbond substituents is 1. The van der Waals surface area contributed by atoms with Gasteiger partial charge >= 0.3 is 0 Å². The van der Waals surface area contributed by atoms with Crippen LogP contribution in [0.25, 0.3) is 0 Å². The third kappa shape index (κ3) is 3.49. The molecule has 2 heteroatoms. The highest BCUT2D eigenvalue weighted by Crippen LogP contribution is 2.36. The molecule has 1 N–H and O–H groups in total. The molecule has 0 aromatic heterocycles. The van der Waals surface area contributed by atoms with E-state index in [9.17, 15) is 9.50 Å². The van der Waals surface area contributed by atoms with Gasteiger partial charge in [-0.05, 0) is 54.7 Å². The van der Waals surface area contributed by atoms with Crippen molar-refractivity contribution in [3.05, 3.63) is 28.6 Å². The van der Waals surface area contributed by atoms with E-state index in [-0.39, 0.29) is 17.5 Å². The number of aromatic hydroxyl groups is 1. The van der Waals surface area contributed by atoms with E-state index in [2.05, 4.69) is 6.92 Å². The van der Waals surface area contributed by atoms with Gasteiger partial charge in [0.25, 0.3) is 0 Å². The maximum atomic E-state index is 14.4. The smallest absolute Gasteiger partial charge is 0.133 e. The first kappa shape index (κ1) is 16.0. The van der Waals surface area contributed by atoms with E-state index in [1.165, 1.54) is 0 Å². The van der Waals surface area contributed by atoms with E-state index >= 15 is 0 Å². The molecule has 0 radical (unpaired) electrons. The topological polar surface area (TPSA) is 20.2 Å². The van der Waals surface area contributed by atoms with Crippen LogP contribution >= 0.6 is 0 Å². The van der Waals surface area contributed by atoms with Crippen molar-refractivity contribution in [2.45, 2.75) is 66.2 Å². The van der Waals surface area contributed by atoms with Gasteiger partial charge < -0.3 is 5.11 Å². The first-order valence-corrected chi connectivity index (χ1v) is 7.53. The molecule has 0 spiro atoms. The highest BCUT2D eigenvalue weighted by atomic mass is 19.1. The number of rotatable bonds is 1. The molecule has 2 rings (SSSR count). The zero-order valence-electron chi connectivity index (χ0n) is 12.9. The largest absolute Gasteiger partial charge is 0.508 e. The number of halogens is 1. The lowest BCUT2D eigenvalue weighted by molar-refractivity contribution is 0.450. The second kappa shape index (κ2) is 6.93. The van der Waals surface area contributed by atoms with Gasteiger partial charge in [0.2, 0.25) is 0 Å². The van der Waals surface area contributed by atoms with Gasteiger partial charge in [-0.3, -0.25) is 0 Å². The molecule has 1 aliphatic carbocycles. The van der Waals surface area contributed by atoms with Gasteiger partial charge in [0.1, 0.15) is 11.6 Å². The van der Waals surface area contributed by atoms with Gasteiger partial charge in [0, 0.05) is 5.56 Å². The predicted molar refractivity (Wildman–Crippen MR) is 79.3 cm³/mol. The van der Waals surface area contributed by atoms with Crippen LogP contribution in [0.2, 0.25) is 0 Å². The normalized spacial score (nSPS) is 18.4. The second-order valence-corrected chi connectivity index (χ2v) is 5.60. The van der Waals surface area contributed by atoms with E-state index < -0.39 is 0 Å². The van der Waals surface area contributed by atoms with Crippen molar-refractivity contribution in [1.82, 2.24) is 0 Å². The van der Waals surface area contributed by atoms with Crippen molar-refractivity contribution < 1.29 is 9.50 Å². The van der Waals surface area contributed by atoms with Crippen LogP contribution in [0.5, 0.6) is 5.75 Å². The summed E-state index contributed by atoms with van der Waals surface area (Å²) in [5.74, 6) is 0.641. The summed E-state index contributed by atoms with van der Waals surface area (Å²) in [4.78, 5) is 0. The summed E-state index contributed by atoms with van der Waals surface area (Å²) in [6, 6.07) is 1.78. The highest BCUT2D eigenvalue weighted by molar-refractivity contribution is 5.45. The lowest BCUT2D eigenvalue weighted by Crippen LogP contribution is -2.03. The van der Waals surface area contributed by atoms with E-state index in [1.54, 1.807) is 6.07 Å². The quantitative estimate of drug-likeness (QED) is 0.693. The molecule has 0 amide bonds. The third-order valence-electron chi connectivity index (χ3n) is 3.85. The molecular weight excluding hydrogens is 239 g/mol. The molecule has 19 heavy (non-hydrogen) atoms. The van der Waals surface area contributed by atoms with E-state index in [0.717, 1.165) is 36.8 Å². The molecule has 1 unspecified atom stereocenters. The van der Waals surface area contributed by atoms with Gasteiger partial charge in [-0.1, -0.05) is 34.6 Å². The summed E-state index contributed by atoms with van der Waals surface area (Å²) in [5.41, 5.74) is 2.34. The Morgan fingerprint density at radius 3 is 2.37 bits per heavy atom. The number of hydrogen-bond acceptors (Lipinski definition) is 1. The van der Waals surface area contributed by atoms with Gasteiger partial charge in [-0.15, -0.1) is 0 Å². The van der Waals surface area contributed by atoms with Crippen LogP contribution in [-0.4, -0.2) is 5.11 Å². The lowest BCUT2D eigenvalue weighted by atomic mass is 9.93. The fourth-order valence-corrected chi connectivity index (χ4v) is 2.73. The van der Waals surface area contributed by atoms with E-state index in [1.807, 2.05) is 27.7 Å². The van der Waals surface area contributed by atoms with Crippen molar-refractivity contribution in [3.8, 4) is 5.75 Å². The summed E-state index contributed by atoms with van der Waals surface area (Å²) in [6.45, 7) is 10.1. The fraction of sp³-hybridized carbons (Fsp3) is 0.647. The van der Waals surface area contributed by atoms with Crippen LogP contribution in [-0.2, 0) is 12.8 Å². The van der Waals surface area contributed by atoms with Crippen LogP contribution in [0.3, 0.4) is 0 Å². The zero-order valence-corrected chi connectivity index (χ0v) is 12.9. The fourth-order valence-electron chi connectivity index (χ4n) is 2.73. The lowest BCUT2D eigenvalue weighted by Gasteiger charge is -2.15. The van der Waals surface area contributed by atoms with Crippen molar-refractivity contribution in [2.24, 2.45) is 5.92 Å². The Kier molecular flexibility index (Phi) is 5.84. The Balaban J connectivity index is 0.000000861. The molecule has 1 aromatic rings. The molecule has 1 aliphatic rings. The Morgan fingerprint density at radius 2 is 1.79 bits per heavy atom. The zero-order chi connectivity index (χ0) is 14.6. The molecule has 0 saturated carbocycles. The summed E-state index contributed by atoms with van der Waals surface area (Å²) >= 11 is 0. The number of phenols is 1. The molecule has 0 bridgehead atoms. The second-order valence-electron chi connectivity index (χ2n) is 5.60. The number of aryl methyl sites for hydroxylation is 1. The average molecular weight is 266 g/mol. The number of benzene rings is 1. The summed E-state index contributed by atoms with van der Waals surface area (Å²) < 4.78 is 14.4. The van der Waals surface area contributed by atoms with Gasteiger partial charge in [0.15, 0.2) is 0 Å². The Bertz CT molecular complexity index is 424. The van der Waals surface area contributed by atoms with E-state index in [4.69, 9.17) is 0 Å². The Morgan fingerprint density at radius 1 is 1.21 bits per heavy atom. The predicted octanol–water partition coefficient (Wildman–Crippen LogP) is 5.20. The molecular formula is C17H27FO.